The maximum atomic E-state index is 11.8. The van der Waals surface area contributed by atoms with Gasteiger partial charge in [0.05, 0.1) is 26.4 Å². The lowest BCUT2D eigenvalue weighted by atomic mass is 10.1. The van der Waals surface area contributed by atoms with Crippen LogP contribution < -0.4 is 4.74 Å². The molecule has 1 aromatic rings. The van der Waals surface area contributed by atoms with Gasteiger partial charge in [-0.25, -0.2) is 4.79 Å². The maximum Gasteiger partial charge on any atom is 0.410 e. The van der Waals surface area contributed by atoms with Crippen molar-refractivity contribution in [2.24, 2.45) is 0 Å². The van der Waals surface area contributed by atoms with Crippen molar-refractivity contribution in [1.82, 2.24) is 9.80 Å². The van der Waals surface area contributed by atoms with Gasteiger partial charge in [0.1, 0.15) is 5.75 Å². The Morgan fingerprint density at radius 3 is 2.79 bits per heavy atom. The standard InChI is InChI=1S/C18H26N2O4/c1-2-23-18(21)20-13-15-4-5-17(12-16(15)14-20)24-9-3-6-19-7-10-22-11-8-19/h4-5,12H,2-3,6-11,13-14H2,1H3. The van der Waals surface area contributed by atoms with Gasteiger partial charge in [-0.1, -0.05) is 6.07 Å². The van der Waals surface area contributed by atoms with Crippen molar-refractivity contribution in [3.63, 3.8) is 0 Å². The first-order chi connectivity index (χ1) is 11.8. The number of carbonyl (C=O) groups is 1. The van der Waals surface area contributed by atoms with Crippen LogP contribution in [0.1, 0.15) is 24.5 Å². The maximum absolute atomic E-state index is 11.8. The zero-order valence-electron chi connectivity index (χ0n) is 14.3. The number of carbonyl (C=O) groups excluding carboxylic acids is 1. The Kier molecular flexibility index (Phi) is 5.93. The minimum absolute atomic E-state index is 0.248. The summed E-state index contributed by atoms with van der Waals surface area (Å²) in [5, 5.41) is 0. The molecule has 2 aliphatic rings. The van der Waals surface area contributed by atoms with E-state index in [1.54, 1.807) is 4.90 Å². The van der Waals surface area contributed by atoms with E-state index in [-0.39, 0.29) is 6.09 Å². The predicted octanol–water partition coefficient (Wildman–Crippen LogP) is 2.26. The summed E-state index contributed by atoms with van der Waals surface area (Å²) in [5.41, 5.74) is 2.32. The highest BCUT2D eigenvalue weighted by atomic mass is 16.6. The molecule has 2 heterocycles. The minimum atomic E-state index is -0.248. The molecule has 0 aromatic heterocycles. The molecule has 1 amide bonds. The van der Waals surface area contributed by atoms with Crippen LogP contribution in [0.15, 0.2) is 18.2 Å². The largest absolute Gasteiger partial charge is 0.494 e. The summed E-state index contributed by atoms with van der Waals surface area (Å²) < 4.78 is 16.3. The second kappa shape index (κ2) is 8.35. The predicted molar refractivity (Wildman–Crippen MR) is 90.1 cm³/mol. The van der Waals surface area contributed by atoms with Gasteiger partial charge in [0.25, 0.3) is 0 Å². The second-order valence-corrected chi connectivity index (χ2v) is 6.14. The van der Waals surface area contributed by atoms with Crippen LogP contribution in [-0.2, 0) is 22.6 Å². The fraction of sp³-hybridized carbons (Fsp3) is 0.611. The average Bonchev–Trinajstić information content (AvgIpc) is 3.03. The third kappa shape index (κ3) is 4.39. The molecule has 1 aromatic carbocycles. The van der Waals surface area contributed by atoms with Gasteiger partial charge in [-0.2, -0.15) is 0 Å². The van der Waals surface area contributed by atoms with Gasteiger partial charge in [0.2, 0.25) is 0 Å². The van der Waals surface area contributed by atoms with Gasteiger partial charge in [-0.15, -0.1) is 0 Å². The van der Waals surface area contributed by atoms with Crippen molar-refractivity contribution in [1.29, 1.82) is 0 Å². The number of nitrogens with zero attached hydrogens (tertiary/aromatic N) is 2. The van der Waals surface area contributed by atoms with E-state index in [0.717, 1.165) is 50.6 Å². The third-order valence-electron chi connectivity index (χ3n) is 4.42. The minimum Gasteiger partial charge on any atom is -0.494 e. The van der Waals surface area contributed by atoms with E-state index in [2.05, 4.69) is 4.90 Å². The number of fused-ring (bicyclic) bond motifs is 1. The molecule has 24 heavy (non-hydrogen) atoms. The molecule has 0 saturated carbocycles. The number of ether oxygens (including phenoxy) is 3. The number of amides is 1. The Morgan fingerprint density at radius 2 is 2.00 bits per heavy atom. The van der Waals surface area contributed by atoms with E-state index in [4.69, 9.17) is 14.2 Å². The van der Waals surface area contributed by atoms with Crippen LogP contribution in [0, 0.1) is 0 Å². The van der Waals surface area contributed by atoms with Gasteiger partial charge < -0.3 is 14.2 Å². The zero-order chi connectivity index (χ0) is 16.8. The number of benzene rings is 1. The molecule has 0 N–H and O–H groups in total. The Hall–Kier alpha value is -1.79. The molecule has 0 spiro atoms. The second-order valence-electron chi connectivity index (χ2n) is 6.14. The molecule has 6 nitrogen and oxygen atoms in total. The lowest BCUT2D eigenvalue weighted by Gasteiger charge is -2.26. The first kappa shape index (κ1) is 17.0. The fourth-order valence-electron chi connectivity index (χ4n) is 3.11. The van der Waals surface area contributed by atoms with Crippen molar-refractivity contribution in [3.05, 3.63) is 29.3 Å². The van der Waals surface area contributed by atoms with Gasteiger partial charge in [-0.05, 0) is 36.6 Å². The molecule has 3 rings (SSSR count). The van der Waals surface area contributed by atoms with E-state index >= 15 is 0 Å². The molecule has 1 fully saturated rings. The van der Waals surface area contributed by atoms with Crippen LogP contribution in [0.5, 0.6) is 5.75 Å². The van der Waals surface area contributed by atoms with Gasteiger partial charge >= 0.3 is 6.09 Å². The van der Waals surface area contributed by atoms with E-state index in [0.29, 0.717) is 26.3 Å². The van der Waals surface area contributed by atoms with Crippen molar-refractivity contribution in [2.45, 2.75) is 26.4 Å². The zero-order valence-corrected chi connectivity index (χ0v) is 14.3. The fourth-order valence-corrected chi connectivity index (χ4v) is 3.11. The van der Waals surface area contributed by atoms with Gasteiger partial charge in [0.15, 0.2) is 0 Å². The topological polar surface area (TPSA) is 51.2 Å². The molecule has 1 saturated heterocycles. The van der Waals surface area contributed by atoms with E-state index in [9.17, 15) is 4.79 Å². The molecule has 0 aliphatic carbocycles. The summed E-state index contributed by atoms with van der Waals surface area (Å²) in [5.74, 6) is 0.876. The smallest absolute Gasteiger partial charge is 0.410 e. The Balaban J connectivity index is 1.44. The third-order valence-corrected chi connectivity index (χ3v) is 4.42. The number of rotatable bonds is 6. The van der Waals surface area contributed by atoms with Crippen LogP contribution in [0.4, 0.5) is 4.79 Å². The summed E-state index contributed by atoms with van der Waals surface area (Å²) in [4.78, 5) is 15.9. The monoisotopic (exact) mass is 334 g/mol. The molecule has 0 atom stereocenters. The normalized spacial score (nSPS) is 17.6. The molecule has 0 bridgehead atoms. The molecule has 0 unspecified atom stereocenters. The molecule has 132 valence electrons. The number of hydrogen-bond acceptors (Lipinski definition) is 5. The molecule has 0 radical (unpaired) electrons. The summed E-state index contributed by atoms with van der Waals surface area (Å²) in [6.45, 7) is 8.90. The lowest BCUT2D eigenvalue weighted by molar-refractivity contribution is 0.0358. The summed E-state index contributed by atoms with van der Waals surface area (Å²) >= 11 is 0. The van der Waals surface area contributed by atoms with E-state index in [1.165, 1.54) is 5.56 Å². The molecule has 6 heteroatoms. The Morgan fingerprint density at radius 1 is 1.21 bits per heavy atom. The molecular weight excluding hydrogens is 308 g/mol. The molecule has 2 aliphatic heterocycles. The van der Waals surface area contributed by atoms with Crippen molar-refractivity contribution >= 4 is 6.09 Å². The van der Waals surface area contributed by atoms with Crippen molar-refractivity contribution in [3.8, 4) is 5.75 Å². The van der Waals surface area contributed by atoms with Crippen LogP contribution in [0.2, 0.25) is 0 Å². The Bertz CT molecular complexity index is 558. The Labute approximate surface area is 143 Å². The highest BCUT2D eigenvalue weighted by Crippen LogP contribution is 2.27. The van der Waals surface area contributed by atoms with Gasteiger partial charge in [-0.3, -0.25) is 9.80 Å². The van der Waals surface area contributed by atoms with Crippen molar-refractivity contribution in [2.75, 3.05) is 46.1 Å². The highest BCUT2D eigenvalue weighted by molar-refractivity contribution is 5.69. The van der Waals surface area contributed by atoms with Crippen LogP contribution in [0.25, 0.3) is 0 Å². The first-order valence-electron chi connectivity index (χ1n) is 8.72. The number of morpholine rings is 1. The molecular formula is C18H26N2O4. The van der Waals surface area contributed by atoms with E-state index in [1.807, 2.05) is 25.1 Å². The van der Waals surface area contributed by atoms with E-state index < -0.39 is 0 Å². The average molecular weight is 334 g/mol. The summed E-state index contributed by atoms with van der Waals surface area (Å²) in [6, 6.07) is 6.08. The first-order valence-corrected chi connectivity index (χ1v) is 8.72. The summed E-state index contributed by atoms with van der Waals surface area (Å²) in [7, 11) is 0. The highest BCUT2D eigenvalue weighted by Gasteiger charge is 2.24. The van der Waals surface area contributed by atoms with Crippen molar-refractivity contribution < 1.29 is 19.0 Å². The lowest BCUT2D eigenvalue weighted by Crippen LogP contribution is -2.37. The summed E-state index contributed by atoms with van der Waals surface area (Å²) in [6.07, 6.45) is 0.758. The van der Waals surface area contributed by atoms with Gasteiger partial charge in [0, 0.05) is 32.7 Å². The quantitative estimate of drug-likeness (QED) is 0.747. The van der Waals surface area contributed by atoms with Crippen LogP contribution >= 0.6 is 0 Å². The van der Waals surface area contributed by atoms with Crippen LogP contribution in [0.3, 0.4) is 0 Å². The SMILES string of the molecule is CCOC(=O)N1Cc2ccc(OCCCN3CCOCC3)cc2C1. The van der Waals surface area contributed by atoms with Crippen LogP contribution in [-0.4, -0.2) is 62.0 Å². The number of hydrogen-bond donors (Lipinski definition) is 0.